The van der Waals surface area contributed by atoms with Crippen molar-refractivity contribution in [2.75, 3.05) is 10.6 Å². The van der Waals surface area contributed by atoms with Crippen LogP contribution in [-0.2, 0) is 0 Å². The summed E-state index contributed by atoms with van der Waals surface area (Å²) in [6, 6.07) is 25.2. The molecule has 3 rings (SSSR count). The molecule has 0 fully saturated rings. The molecule has 23 heavy (non-hydrogen) atoms. The molecular weight excluding hydrogens is 284 g/mol. The van der Waals surface area contributed by atoms with Crippen molar-refractivity contribution >= 4 is 23.0 Å². The fourth-order valence-electron chi connectivity index (χ4n) is 2.35. The molecule has 3 aromatic carbocycles. The number of hydrogen-bond acceptors (Lipinski definition) is 2. The third kappa shape index (κ3) is 3.77. The molecule has 0 saturated heterocycles. The van der Waals surface area contributed by atoms with E-state index in [1.165, 1.54) is 0 Å². The Morgan fingerprint density at radius 1 is 0.696 bits per heavy atom. The SMILES string of the molecule is Cc1ccccc1C(=O)Nc1ccc(Nc2ccccc2)cc1. The molecule has 0 saturated carbocycles. The monoisotopic (exact) mass is 302 g/mol. The van der Waals surface area contributed by atoms with Gasteiger partial charge in [-0.25, -0.2) is 0 Å². The van der Waals surface area contributed by atoms with Gasteiger partial charge in [-0.05, 0) is 55.0 Å². The van der Waals surface area contributed by atoms with Crippen LogP contribution in [0.2, 0.25) is 0 Å². The van der Waals surface area contributed by atoms with Gasteiger partial charge in [-0.2, -0.15) is 0 Å². The number of benzene rings is 3. The van der Waals surface area contributed by atoms with Crippen LogP contribution in [-0.4, -0.2) is 5.91 Å². The summed E-state index contributed by atoms with van der Waals surface area (Å²) in [5, 5.41) is 6.24. The number of nitrogens with one attached hydrogen (secondary N) is 2. The van der Waals surface area contributed by atoms with E-state index in [1.54, 1.807) is 0 Å². The van der Waals surface area contributed by atoms with Crippen molar-refractivity contribution in [2.45, 2.75) is 6.92 Å². The summed E-state index contributed by atoms with van der Waals surface area (Å²) in [7, 11) is 0. The van der Waals surface area contributed by atoms with E-state index in [1.807, 2.05) is 85.8 Å². The number of anilines is 3. The molecule has 114 valence electrons. The Morgan fingerprint density at radius 2 is 1.26 bits per heavy atom. The largest absolute Gasteiger partial charge is 0.356 e. The number of aryl methyl sites for hydroxylation is 1. The lowest BCUT2D eigenvalue weighted by Crippen LogP contribution is -2.13. The van der Waals surface area contributed by atoms with Crippen LogP contribution in [0.25, 0.3) is 0 Å². The first-order valence-corrected chi connectivity index (χ1v) is 7.51. The topological polar surface area (TPSA) is 41.1 Å². The van der Waals surface area contributed by atoms with Gasteiger partial charge in [-0.15, -0.1) is 0 Å². The van der Waals surface area contributed by atoms with Gasteiger partial charge < -0.3 is 10.6 Å². The predicted octanol–water partition coefficient (Wildman–Crippen LogP) is 4.99. The molecule has 0 bridgehead atoms. The summed E-state index contributed by atoms with van der Waals surface area (Å²) in [5.74, 6) is -0.0909. The maximum atomic E-state index is 12.3. The van der Waals surface area contributed by atoms with Gasteiger partial charge >= 0.3 is 0 Å². The highest BCUT2D eigenvalue weighted by molar-refractivity contribution is 6.05. The van der Waals surface area contributed by atoms with Gasteiger partial charge in [0.15, 0.2) is 0 Å². The van der Waals surface area contributed by atoms with Gasteiger partial charge in [0, 0.05) is 22.6 Å². The summed E-state index contributed by atoms with van der Waals surface area (Å²) >= 11 is 0. The number of hydrogen-bond donors (Lipinski definition) is 2. The Balaban J connectivity index is 1.68. The quantitative estimate of drug-likeness (QED) is 0.712. The van der Waals surface area contributed by atoms with Crippen LogP contribution in [0.1, 0.15) is 15.9 Å². The van der Waals surface area contributed by atoms with E-state index in [4.69, 9.17) is 0 Å². The lowest BCUT2D eigenvalue weighted by atomic mass is 10.1. The van der Waals surface area contributed by atoms with Gasteiger partial charge in [0.1, 0.15) is 0 Å². The van der Waals surface area contributed by atoms with Crippen LogP contribution in [0.15, 0.2) is 78.9 Å². The van der Waals surface area contributed by atoms with E-state index in [-0.39, 0.29) is 5.91 Å². The molecule has 0 spiro atoms. The molecule has 0 radical (unpaired) electrons. The number of carbonyl (C=O) groups is 1. The van der Waals surface area contributed by atoms with E-state index in [0.717, 1.165) is 22.6 Å². The Bertz CT molecular complexity index is 795. The minimum Gasteiger partial charge on any atom is -0.356 e. The van der Waals surface area contributed by atoms with Crippen LogP contribution >= 0.6 is 0 Å². The van der Waals surface area contributed by atoms with E-state index in [0.29, 0.717) is 5.56 Å². The molecule has 0 aliphatic heterocycles. The third-order valence-electron chi connectivity index (χ3n) is 3.59. The van der Waals surface area contributed by atoms with Crippen molar-refractivity contribution in [1.29, 1.82) is 0 Å². The van der Waals surface area contributed by atoms with E-state index < -0.39 is 0 Å². The minimum atomic E-state index is -0.0909. The van der Waals surface area contributed by atoms with Crippen molar-refractivity contribution in [1.82, 2.24) is 0 Å². The maximum Gasteiger partial charge on any atom is 0.255 e. The van der Waals surface area contributed by atoms with E-state index in [2.05, 4.69) is 10.6 Å². The highest BCUT2D eigenvalue weighted by atomic mass is 16.1. The number of amides is 1. The smallest absolute Gasteiger partial charge is 0.255 e. The summed E-state index contributed by atoms with van der Waals surface area (Å²) < 4.78 is 0. The Morgan fingerprint density at radius 3 is 1.96 bits per heavy atom. The van der Waals surface area contributed by atoms with Crippen LogP contribution in [0.4, 0.5) is 17.1 Å². The first-order valence-electron chi connectivity index (χ1n) is 7.51. The molecule has 0 aliphatic carbocycles. The Kier molecular flexibility index (Phi) is 4.39. The molecule has 0 atom stereocenters. The van der Waals surface area contributed by atoms with Gasteiger partial charge in [-0.3, -0.25) is 4.79 Å². The summed E-state index contributed by atoms with van der Waals surface area (Å²) in [6.45, 7) is 1.93. The second kappa shape index (κ2) is 6.79. The summed E-state index contributed by atoms with van der Waals surface area (Å²) in [4.78, 5) is 12.3. The number of para-hydroxylation sites is 1. The van der Waals surface area contributed by atoms with Gasteiger partial charge in [0.2, 0.25) is 0 Å². The first kappa shape index (κ1) is 14.9. The molecule has 0 aromatic heterocycles. The average molecular weight is 302 g/mol. The molecule has 3 aromatic rings. The van der Waals surface area contributed by atoms with Crippen molar-refractivity contribution in [3.8, 4) is 0 Å². The van der Waals surface area contributed by atoms with Crippen LogP contribution in [0, 0.1) is 6.92 Å². The zero-order chi connectivity index (χ0) is 16.1. The third-order valence-corrected chi connectivity index (χ3v) is 3.59. The second-order valence-corrected chi connectivity index (χ2v) is 5.34. The van der Waals surface area contributed by atoms with Crippen molar-refractivity contribution < 1.29 is 4.79 Å². The highest BCUT2D eigenvalue weighted by Gasteiger charge is 2.08. The molecule has 0 unspecified atom stereocenters. The Labute approximate surface area is 136 Å². The minimum absolute atomic E-state index is 0.0909. The highest BCUT2D eigenvalue weighted by Crippen LogP contribution is 2.19. The lowest BCUT2D eigenvalue weighted by molar-refractivity contribution is 0.102. The normalized spacial score (nSPS) is 10.1. The Hall–Kier alpha value is -3.07. The fourth-order valence-corrected chi connectivity index (χ4v) is 2.35. The van der Waals surface area contributed by atoms with Gasteiger partial charge in [0.25, 0.3) is 5.91 Å². The van der Waals surface area contributed by atoms with Gasteiger partial charge in [0.05, 0.1) is 0 Å². The standard InChI is InChI=1S/C20H18N2O/c1-15-7-5-6-10-19(15)20(23)22-18-13-11-17(12-14-18)21-16-8-3-2-4-9-16/h2-14,21H,1H3,(H,22,23). The zero-order valence-electron chi connectivity index (χ0n) is 12.9. The summed E-state index contributed by atoms with van der Waals surface area (Å²) in [6.07, 6.45) is 0. The molecule has 3 nitrogen and oxygen atoms in total. The van der Waals surface area contributed by atoms with Crippen molar-refractivity contribution in [2.24, 2.45) is 0 Å². The fraction of sp³-hybridized carbons (Fsp3) is 0.0500. The van der Waals surface area contributed by atoms with Crippen LogP contribution in [0.5, 0.6) is 0 Å². The second-order valence-electron chi connectivity index (χ2n) is 5.34. The number of rotatable bonds is 4. The molecule has 1 amide bonds. The number of carbonyl (C=O) groups excluding carboxylic acids is 1. The lowest BCUT2D eigenvalue weighted by Gasteiger charge is -2.09. The van der Waals surface area contributed by atoms with Gasteiger partial charge in [-0.1, -0.05) is 36.4 Å². The van der Waals surface area contributed by atoms with Crippen LogP contribution in [0.3, 0.4) is 0 Å². The molecule has 0 heterocycles. The maximum absolute atomic E-state index is 12.3. The molecule has 0 aliphatic rings. The van der Waals surface area contributed by atoms with Crippen molar-refractivity contribution in [3.63, 3.8) is 0 Å². The van der Waals surface area contributed by atoms with Crippen LogP contribution < -0.4 is 10.6 Å². The zero-order valence-corrected chi connectivity index (χ0v) is 12.9. The van der Waals surface area contributed by atoms with E-state index >= 15 is 0 Å². The van der Waals surface area contributed by atoms with Crippen molar-refractivity contribution in [3.05, 3.63) is 90.0 Å². The molecule has 2 N–H and O–H groups in total. The summed E-state index contributed by atoms with van der Waals surface area (Å²) in [5.41, 5.74) is 4.44. The predicted molar refractivity (Wildman–Crippen MR) is 95.3 cm³/mol. The van der Waals surface area contributed by atoms with E-state index in [9.17, 15) is 4.79 Å². The first-order chi connectivity index (χ1) is 11.2. The molecular formula is C20H18N2O. The average Bonchev–Trinajstić information content (AvgIpc) is 2.58. The molecule has 3 heteroatoms.